The van der Waals surface area contributed by atoms with Gasteiger partial charge in [-0.25, -0.2) is 0 Å². The lowest BCUT2D eigenvalue weighted by Crippen LogP contribution is -2.13. The Labute approximate surface area is 147 Å². The Morgan fingerprint density at radius 1 is 0.958 bits per heavy atom. The van der Waals surface area contributed by atoms with Gasteiger partial charge in [0.2, 0.25) is 0 Å². The van der Waals surface area contributed by atoms with E-state index in [4.69, 9.17) is 4.74 Å². The van der Waals surface area contributed by atoms with Gasteiger partial charge in [-0.1, -0.05) is 88.2 Å². The van der Waals surface area contributed by atoms with E-state index in [1.54, 1.807) is 0 Å². The maximum atomic E-state index is 5.96. The number of benzene rings is 2. The van der Waals surface area contributed by atoms with Gasteiger partial charge in [-0.2, -0.15) is 0 Å². The first-order valence-corrected chi connectivity index (χ1v) is 9.07. The third kappa shape index (κ3) is 5.88. The molecule has 0 heterocycles. The Kier molecular flexibility index (Phi) is 7.11. The van der Waals surface area contributed by atoms with Crippen LogP contribution in [0.15, 0.2) is 66.7 Å². The monoisotopic (exact) mass is 322 g/mol. The SMILES string of the molecule is CCCCC/C=C/C(C)(C)c1cccc(OCc2ccccc2)c1. The topological polar surface area (TPSA) is 9.23 Å². The first-order valence-electron chi connectivity index (χ1n) is 9.07. The number of hydrogen-bond donors (Lipinski definition) is 0. The molecule has 0 unspecified atom stereocenters. The number of unbranched alkanes of at least 4 members (excludes halogenated alkanes) is 3. The van der Waals surface area contributed by atoms with Gasteiger partial charge in [0.1, 0.15) is 12.4 Å². The zero-order valence-corrected chi connectivity index (χ0v) is 15.3. The van der Waals surface area contributed by atoms with Crippen molar-refractivity contribution in [2.24, 2.45) is 0 Å². The van der Waals surface area contributed by atoms with Crippen LogP contribution >= 0.6 is 0 Å². The average Bonchev–Trinajstić information content (AvgIpc) is 2.61. The molecule has 0 aromatic heterocycles. The highest BCUT2D eigenvalue weighted by atomic mass is 16.5. The molecule has 0 saturated heterocycles. The van der Waals surface area contributed by atoms with Crippen LogP contribution in [0.1, 0.15) is 57.6 Å². The molecule has 24 heavy (non-hydrogen) atoms. The van der Waals surface area contributed by atoms with Gasteiger partial charge in [0.25, 0.3) is 0 Å². The van der Waals surface area contributed by atoms with Gasteiger partial charge in [-0.3, -0.25) is 0 Å². The molecule has 0 spiro atoms. The fourth-order valence-electron chi connectivity index (χ4n) is 2.71. The van der Waals surface area contributed by atoms with E-state index in [-0.39, 0.29) is 5.41 Å². The maximum Gasteiger partial charge on any atom is 0.120 e. The largest absolute Gasteiger partial charge is 0.489 e. The van der Waals surface area contributed by atoms with Crippen molar-refractivity contribution in [1.82, 2.24) is 0 Å². The fraction of sp³-hybridized carbons (Fsp3) is 0.391. The minimum Gasteiger partial charge on any atom is -0.489 e. The molecule has 2 rings (SSSR count). The lowest BCUT2D eigenvalue weighted by atomic mass is 9.84. The lowest BCUT2D eigenvalue weighted by molar-refractivity contribution is 0.305. The van der Waals surface area contributed by atoms with E-state index < -0.39 is 0 Å². The molecule has 1 nitrogen and oxygen atoms in total. The Bertz CT molecular complexity index is 625. The summed E-state index contributed by atoms with van der Waals surface area (Å²) in [6.07, 6.45) is 9.70. The molecule has 0 radical (unpaired) electrons. The summed E-state index contributed by atoms with van der Waals surface area (Å²) < 4.78 is 5.96. The van der Waals surface area contributed by atoms with Crippen LogP contribution in [0.2, 0.25) is 0 Å². The van der Waals surface area contributed by atoms with E-state index in [1.807, 2.05) is 24.3 Å². The molecule has 0 atom stereocenters. The van der Waals surface area contributed by atoms with Crippen LogP contribution in [0, 0.1) is 0 Å². The molecule has 2 aromatic rings. The summed E-state index contributed by atoms with van der Waals surface area (Å²) in [5, 5.41) is 0. The molecule has 0 aliphatic rings. The third-order valence-electron chi connectivity index (χ3n) is 4.34. The molecule has 0 bridgehead atoms. The quantitative estimate of drug-likeness (QED) is 0.369. The second-order valence-electron chi connectivity index (χ2n) is 6.92. The van der Waals surface area contributed by atoms with E-state index in [2.05, 4.69) is 63.3 Å². The van der Waals surface area contributed by atoms with Gasteiger partial charge in [0, 0.05) is 5.41 Å². The lowest BCUT2D eigenvalue weighted by Gasteiger charge is -2.22. The molecule has 0 amide bonds. The maximum absolute atomic E-state index is 5.96. The number of hydrogen-bond acceptors (Lipinski definition) is 1. The highest BCUT2D eigenvalue weighted by molar-refractivity contribution is 5.36. The van der Waals surface area contributed by atoms with Crippen LogP contribution in [-0.4, -0.2) is 0 Å². The summed E-state index contributed by atoms with van der Waals surface area (Å²) >= 11 is 0. The molecule has 0 N–H and O–H groups in total. The van der Waals surface area contributed by atoms with Crippen molar-refractivity contribution < 1.29 is 4.74 Å². The van der Waals surface area contributed by atoms with Gasteiger partial charge in [0.15, 0.2) is 0 Å². The molecule has 1 heteroatoms. The van der Waals surface area contributed by atoms with Gasteiger partial charge in [0.05, 0.1) is 0 Å². The summed E-state index contributed by atoms with van der Waals surface area (Å²) in [5.41, 5.74) is 2.51. The second-order valence-corrected chi connectivity index (χ2v) is 6.92. The van der Waals surface area contributed by atoms with E-state index in [0.29, 0.717) is 6.61 Å². The van der Waals surface area contributed by atoms with Crippen molar-refractivity contribution in [2.45, 2.75) is 58.5 Å². The minimum absolute atomic E-state index is 0.0261. The first-order chi connectivity index (χ1) is 11.6. The molecular weight excluding hydrogens is 292 g/mol. The first kappa shape index (κ1) is 18.3. The Balaban J connectivity index is 1.97. The molecule has 0 aliphatic carbocycles. The number of allylic oxidation sites excluding steroid dienone is 2. The molecule has 0 aliphatic heterocycles. The average molecular weight is 322 g/mol. The highest BCUT2D eigenvalue weighted by Crippen LogP contribution is 2.28. The van der Waals surface area contributed by atoms with Crippen LogP contribution in [-0.2, 0) is 12.0 Å². The predicted octanol–water partition coefficient (Wildman–Crippen LogP) is 6.68. The summed E-state index contributed by atoms with van der Waals surface area (Å²) in [6.45, 7) is 7.38. The molecule has 2 aromatic carbocycles. The van der Waals surface area contributed by atoms with Crippen LogP contribution < -0.4 is 4.74 Å². The van der Waals surface area contributed by atoms with Crippen molar-refractivity contribution in [1.29, 1.82) is 0 Å². The van der Waals surface area contributed by atoms with Crippen molar-refractivity contribution in [3.8, 4) is 5.75 Å². The third-order valence-corrected chi connectivity index (χ3v) is 4.34. The highest BCUT2D eigenvalue weighted by Gasteiger charge is 2.17. The molecule has 0 fully saturated rings. The van der Waals surface area contributed by atoms with Crippen molar-refractivity contribution >= 4 is 0 Å². The van der Waals surface area contributed by atoms with E-state index >= 15 is 0 Å². The zero-order valence-electron chi connectivity index (χ0n) is 15.3. The van der Waals surface area contributed by atoms with E-state index in [1.165, 1.54) is 36.8 Å². The fourth-order valence-corrected chi connectivity index (χ4v) is 2.71. The minimum atomic E-state index is 0.0261. The normalized spacial score (nSPS) is 11.8. The standard InChI is InChI=1S/C23H30O/c1-4-5-6-7-11-17-23(2,3)21-15-12-16-22(18-21)24-19-20-13-9-8-10-14-20/h8-18H,4-7,19H2,1-3H3/b17-11+. The smallest absolute Gasteiger partial charge is 0.120 e. The van der Waals surface area contributed by atoms with Crippen molar-refractivity contribution in [3.63, 3.8) is 0 Å². The number of ether oxygens (including phenoxy) is 1. The van der Waals surface area contributed by atoms with Crippen LogP contribution in [0.25, 0.3) is 0 Å². The zero-order chi connectivity index (χ0) is 17.3. The second kappa shape index (κ2) is 9.32. The molecule has 128 valence electrons. The summed E-state index contributed by atoms with van der Waals surface area (Å²) in [6, 6.07) is 18.8. The summed E-state index contributed by atoms with van der Waals surface area (Å²) in [5.74, 6) is 0.934. The predicted molar refractivity (Wildman–Crippen MR) is 104 cm³/mol. The van der Waals surface area contributed by atoms with Crippen LogP contribution in [0.4, 0.5) is 0 Å². The van der Waals surface area contributed by atoms with Crippen molar-refractivity contribution in [3.05, 3.63) is 77.9 Å². The Morgan fingerprint density at radius 2 is 1.75 bits per heavy atom. The van der Waals surface area contributed by atoms with Crippen LogP contribution in [0.5, 0.6) is 5.75 Å². The van der Waals surface area contributed by atoms with Gasteiger partial charge < -0.3 is 4.74 Å². The van der Waals surface area contributed by atoms with E-state index in [0.717, 1.165) is 5.75 Å². The van der Waals surface area contributed by atoms with Gasteiger partial charge in [-0.05, 0) is 36.1 Å². The van der Waals surface area contributed by atoms with Gasteiger partial charge >= 0.3 is 0 Å². The van der Waals surface area contributed by atoms with Crippen molar-refractivity contribution in [2.75, 3.05) is 0 Å². The van der Waals surface area contributed by atoms with Gasteiger partial charge in [-0.15, -0.1) is 0 Å². The van der Waals surface area contributed by atoms with E-state index in [9.17, 15) is 0 Å². The molecular formula is C23H30O. The molecule has 0 saturated carbocycles. The summed E-state index contributed by atoms with van der Waals surface area (Å²) in [7, 11) is 0. The Morgan fingerprint density at radius 3 is 2.50 bits per heavy atom. The summed E-state index contributed by atoms with van der Waals surface area (Å²) in [4.78, 5) is 0. The number of rotatable bonds is 9. The Hall–Kier alpha value is -2.02. The van der Waals surface area contributed by atoms with Crippen LogP contribution in [0.3, 0.4) is 0 Å².